The number of fused-ring (bicyclic) bond motifs is 3. The summed E-state index contributed by atoms with van der Waals surface area (Å²) in [5.74, 6) is 1.10. The van der Waals surface area contributed by atoms with Crippen LogP contribution in [0, 0.1) is 5.82 Å². The van der Waals surface area contributed by atoms with Gasteiger partial charge in [0.05, 0.1) is 29.5 Å². The van der Waals surface area contributed by atoms with Crippen molar-refractivity contribution >= 4 is 29.0 Å². The van der Waals surface area contributed by atoms with Crippen molar-refractivity contribution in [1.29, 1.82) is 0 Å². The number of anilines is 1. The Morgan fingerprint density at radius 2 is 1.81 bits per heavy atom. The third-order valence-corrected chi connectivity index (χ3v) is 8.25. The Morgan fingerprint density at radius 3 is 2.65 bits per heavy atom. The number of thiazole rings is 1. The molecule has 3 aliphatic rings. The first-order valence-electron chi connectivity index (χ1n) is 12.5. The van der Waals surface area contributed by atoms with Crippen LogP contribution in [0.25, 0.3) is 11.8 Å². The molecular weight excluding hydrogens is 489 g/mol. The second kappa shape index (κ2) is 8.97. The minimum absolute atomic E-state index is 0.118. The Balaban J connectivity index is 1.38. The van der Waals surface area contributed by atoms with Crippen LogP contribution in [0.4, 0.5) is 10.3 Å². The molecule has 1 aliphatic carbocycles. The number of hydrogen-bond acceptors (Lipinski definition) is 6. The summed E-state index contributed by atoms with van der Waals surface area (Å²) in [4.78, 5) is 21.6. The molecule has 1 fully saturated rings. The van der Waals surface area contributed by atoms with Gasteiger partial charge in [-0.25, -0.2) is 9.38 Å². The van der Waals surface area contributed by atoms with E-state index in [4.69, 9.17) is 14.1 Å². The van der Waals surface area contributed by atoms with Crippen molar-refractivity contribution in [3.8, 4) is 0 Å². The number of rotatable bonds is 3. The van der Waals surface area contributed by atoms with Crippen molar-refractivity contribution in [2.45, 2.75) is 18.9 Å². The number of benzene rings is 2. The van der Waals surface area contributed by atoms with E-state index in [9.17, 15) is 9.18 Å². The van der Waals surface area contributed by atoms with E-state index in [1.807, 2.05) is 24.3 Å². The van der Waals surface area contributed by atoms with Crippen molar-refractivity contribution < 1.29 is 13.5 Å². The van der Waals surface area contributed by atoms with Gasteiger partial charge in [-0.2, -0.15) is 0 Å². The zero-order valence-corrected chi connectivity index (χ0v) is 20.8. The average molecular weight is 514 g/mol. The number of furan rings is 1. The lowest BCUT2D eigenvalue weighted by atomic mass is 9.83. The summed E-state index contributed by atoms with van der Waals surface area (Å²) >= 11 is 1.36. The van der Waals surface area contributed by atoms with Gasteiger partial charge in [-0.15, -0.1) is 0 Å². The molecule has 0 unspecified atom stereocenters. The van der Waals surface area contributed by atoms with Gasteiger partial charge in [0.1, 0.15) is 11.6 Å². The zero-order valence-electron chi connectivity index (χ0n) is 20.0. The summed E-state index contributed by atoms with van der Waals surface area (Å²) < 4.78 is 27.6. The molecule has 0 bridgehead atoms. The second-order valence-corrected chi connectivity index (χ2v) is 10.4. The third-order valence-electron chi connectivity index (χ3n) is 7.27. The number of ether oxygens (including phenoxy) is 1. The minimum Gasteiger partial charge on any atom is -0.441 e. The van der Waals surface area contributed by atoms with Crippen molar-refractivity contribution in [1.82, 2.24) is 4.57 Å². The molecule has 2 aliphatic heterocycles. The van der Waals surface area contributed by atoms with Gasteiger partial charge >= 0.3 is 0 Å². The Kier molecular flexibility index (Phi) is 5.44. The Hall–Kier alpha value is -3.75. The molecule has 1 atom stereocenters. The van der Waals surface area contributed by atoms with Gasteiger partial charge in [0.2, 0.25) is 0 Å². The number of aryl methyl sites for hydroxylation is 1. The molecule has 6 nitrogen and oxygen atoms in total. The number of aromatic nitrogens is 1. The highest BCUT2D eigenvalue weighted by molar-refractivity contribution is 7.07. The van der Waals surface area contributed by atoms with E-state index >= 15 is 0 Å². The van der Waals surface area contributed by atoms with Crippen LogP contribution in [0.3, 0.4) is 0 Å². The number of nitrogens with zero attached hydrogens (tertiary/aromatic N) is 3. The SMILES string of the molecule is O=c1c(=Cc2ccc(N3CCOCC3)o2)sc2n1[C@H](c1ccc(F)cc1)C1=C(N=2)c2ccccc2CC1. The van der Waals surface area contributed by atoms with Crippen LogP contribution < -0.4 is 19.8 Å². The lowest BCUT2D eigenvalue weighted by Crippen LogP contribution is -2.38. The van der Waals surface area contributed by atoms with Crippen molar-refractivity contribution in [2.24, 2.45) is 4.99 Å². The fourth-order valence-corrected chi connectivity index (χ4v) is 6.45. The number of hydrogen-bond donors (Lipinski definition) is 0. The van der Waals surface area contributed by atoms with Crippen LogP contribution in [0.2, 0.25) is 0 Å². The second-order valence-electron chi connectivity index (χ2n) is 9.44. The fourth-order valence-electron chi connectivity index (χ4n) is 5.47. The molecule has 4 heterocycles. The van der Waals surface area contributed by atoms with E-state index in [2.05, 4.69) is 17.0 Å². The van der Waals surface area contributed by atoms with Gasteiger partial charge in [-0.3, -0.25) is 9.36 Å². The standard InChI is InChI=1S/C29H24FN3O3S/c30-20-8-5-19(6-9-20)27-23-11-7-18-3-1-2-4-22(18)26(23)31-29-33(27)28(34)24(37-29)17-21-10-12-25(36-21)32-13-15-35-16-14-32/h1-6,8-10,12,17,27H,7,11,13-16H2/t27-/m1/s1. The largest absolute Gasteiger partial charge is 0.441 e. The topological polar surface area (TPSA) is 60.0 Å². The normalized spacial score (nSPS) is 19.3. The molecule has 1 saturated heterocycles. The molecule has 0 radical (unpaired) electrons. The predicted octanol–water partition coefficient (Wildman–Crippen LogP) is 3.89. The highest BCUT2D eigenvalue weighted by Crippen LogP contribution is 2.41. The Bertz CT molecular complexity index is 1710. The lowest BCUT2D eigenvalue weighted by molar-refractivity contribution is 0.120. The molecule has 4 aromatic rings. The Morgan fingerprint density at radius 1 is 1.00 bits per heavy atom. The van der Waals surface area contributed by atoms with Crippen molar-refractivity contribution in [2.75, 3.05) is 31.2 Å². The molecule has 0 N–H and O–H groups in total. The van der Waals surface area contributed by atoms with Gasteiger partial charge < -0.3 is 14.1 Å². The summed E-state index contributed by atoms with van der Waals surface area (Å²) in [6, 6.07) is 18.3. The minimum atomic E-state index is -0.331. The van der Waals surface area contributed by atoms with E-state index in [1.165, 1.54) is 29.0 Å². The molecule has 186 valence electrons. The lowest BCUT2D eigenvalue weighted by Gasteiger charge is -2.30. The number of halogens is 1. The maximum Gasteiger partial charge on any atom is 0.271 e. The summed E-state index contributed by atoms with van der Waals surface area (Å²) in [6.07, 6.45) is 3.47. The summed E-state index contributed by atoms with van der Waals surface area (Å²) in [6.45, 7) is 2.90. The number of allylic oxidation sites excluding steroid dienone is 1. The van der Waals surface area contributed by atoms with Gasteiger partial charge in [-0.1, -0.05) is 47.7 Å². The molecule has 2 aromatic carbocycles. The number of morpholine rings is 1. The molecule has 8 heteroatoms. The van der Waals surface area contributed by atoms with Crippen molar-refractivity contribution in [3.05, 3.63) is 114 Å². The molecule has 0 spiro atoms. The maximum atomic E-state index is 13.8. The first kappa shape index (κ1) is 22.4. The van der Waals surface area contributed by atoms with Crippen LogP contribution in [0.1, 0.15) is 34.9 Å². The molecule has 0 amide bonds. The molecule has 7 rings (SSSR count). The van der Waals surface area contributed by atoms with E-state index in [1.54, 1.807) is 22.8 Å². The van der Waals surface area contributed by atoms with Gasteiger partial charge in [0.15, 0.2) is 10.7 Å². The zero-order chi connectivity index (χ0) is 24.9. The fraction of sp³-hybridized carbons (Fsp3) is 0.241. The van der Waals surface area contributed by atoms with Gasteiger partial charge in [-0.05, 0) is 47.7 Å². The van der Waals surface area contributed by atoms with Crippen LogP contribution in [-0.4, -0.2) is 30.9 Å². The van der Waals surface area contributed by atoms with E-state index in [0.717, 1.165) is 54.2 Å². The molecular formula is C29H24FN3O3S. The maximum absolute atomic E-state index is 13.8. The van der Waals surface area contributed by atoms with Crippen LogP contribution in [0.15, 0.2) is 80.4 Å². The molecule has 0 saturated carbocycles. The summed E-state index contributed by atoms with van der Waals surface area (Å²) in [5.41, 5.74) is 5.15. The van der Waals surface area contributed by atoms with Gasteiger partial charge in [0.25, 0.3) is 5.56 Å². The van der Waals surface area contributed by atoms with Crippen LogP contribution >= 0.6 is 11.3 Å². The highest BCUT2D eigenvalue weighted by Gasteiger charge is 2.32. The quantitative estimate of drug-likeness (QED) is 0.417. The monoisotopic (exact) mass is 513 g/mol. The molecule has 2 aromatic heterocycles. The van der Waals surface area contributed by atoms with Crippen LogP contribution in [-0.2, 0) is 11.2 Å². The van der Waals surface area contributed by atoms with Crippen LogP contribution in [0.5, 0.6) is 0 Å². The van der Waals surface area contributed by atoms with E-state index in [0.29, 0.717) is 28.3 Å². The molecule has 37 heavy (non-hydrogen) atoms. The van der Waals surface area contributed by atoms with Gasteiger partial charge in [0, 0.05) is 30.8 Å². The first-order chi connectivity index (χ1) is 18.2. The third kappa shape index (κ3) is 3.88. The smallest absolute Gasteiger partial charge is 0.271 e. The predicted molar refractivity (Wildman–Crippen MR) is 141 cm³/mol. The van der Waals surface area contributed by atoms with Crippen molar-refractivity contribution in [3.63, 3.8) is 0 Å². The van der Waals surface area contributed by atoms with E-state index in [-0.39, 0.29) is 17.4 Å². The summed E-state index contributed by atoms with van der Waals surface area (Å²) in [5, 5.41) is 0. The first-order valence-corrected chi connectivity index (χ1v) is 13.3. The average Bonchev–Trinajstić information content (AvgIpc) is 3.53. The highest BCUT2D eigenvalue weighted by atomic mass is 32.1. The Labute approximate surface area is 216 Å². The van der Waals surface area contributed by atoms with E-state index < -0.39 is 0 Å². The summed E-state index contributed by atoms with van der Waals surface area (Å²) in [7, 11) is 0.